The summed E-state index contributed by atoms with van der Waals surface area (Å²) < 4.78 is 0. The van der Waals surface area contributed by atoms with Gasteiger partial charge in [-0.2, -0.15) is 0 Å². The molecule has 2 rings (SSSR count). The average Bonchev–Trinajstić information content (AvgIpc) is 2.55. The molecule has 1 saturated heterocycles. The standard InChI is InChI=1S/C14H20ClN3O/c1-16-9-11-12(15)5-3-6-13(11)18-8-4-7-17(2)14(19)10-18/h3,5-6,16H,4,7-10H2,1-2H3. The summed E-state index contributed by atoms with van der Waals surface area (Å²) in [7, 11) is 3.76. The molecule has 104 valence electrons. The Bertz CT molecular complexity index is 464. The molecule has 0 atom stereocenters. The normalized spacial score (nSPS) is 16.7. The number of hydrogen-bond donors (Lipinski definition) is 1. The number of halogens is 1. The fourth-order valence-electron chi connectivity index (χ4n) is 2.39. The van der Waals surface area contributed by atoms with Gasteiger partial charge in [0.1, 0.15) is 0 Å². The largest absolute Gasteiger partial charge is 0.362 e. The molecule has 4 nitrogen and oxygen atoms in total. The SMILES string of the molecule is CNCc1c(Cl)cccc1N1CCCN(C)C(=O)C1. The summed E-state index contributed by atoms with van der Waals surface area (Å²) in [6, 6.07) is 5.87. The molecule has 1 heterocycles. The van der Waals surface area contributed by atoms with E-state index in [1.807, 2.05) is 32.3 Å². The van der Waals surface area contributed by atoms with Gasteiger partial charge in [0.05, 0.1) is 6.54 Å². The number of hydrogen-bond acceptors (Lipinski definition) is 3. The lowest BCUT2D eigenvalue weighted by Gasteiger charge is -2.25. The number of rotatable bonds is 3. The van der Waals surface area contributed by atoms with Crippen LogP contribution in [0.15, 0.2) is 18.2 Å². The highest BCUT2D eigenvalue weighted by molar-refractivity contribution is 6.31. The first-order valence-electron chi connectivity index (χ1n) is 6.54. The lowest BCUT2D eigenvalue weighted by molar-refractivity contribution is -0.127. The van der Waals surface area contributed by atoms with E-state index in [4.69, 9.17) is 11.6 Å². The summed E-state index contributed by atoms with van der Waals surface area (Å²) in [4.78, 5) is 15.9. The van der Waals surface area contributed by atoms with Crippen LogP contribution in [-0.4, -0.2) is 44.5 Å². The third-order valence-electron chi connectivity index (χ3n) is 3.46. The molecule has 0 spiro atoms. The van der Waals surface area contributed by atoms with E-state index in [2.05, 4.69) is 10.2 Å². The van der Waals surface area contributed by atoms with Crippen molar-refractivity contribution in [1.82, 2.24) is 10.2 Å². The van der Waals surface area contributed by atoms with E-state index in [1.165, 1.54) is 0 Å². The second-order valence-corrected chi connectivity index (χ2v) is 5.27. The molecule has 1 aromatic carbocycles. The molecule has 0 bridgehead atoms. The Labute approximate surface area is 119 Å². The molecule has 0 aliphatic carbocycles. The topological polar surface area (TPSA) is 35.6 Å². The number of anilines is 1. The number of carbonyl (C=O) groups is 1. The van der Waals surface area contributed by atoms with Crippen molar-refractivity contribution in [2.24, 2.45) is 0 Å². The lowest BCUT2D eigenvalue weighted by atomic mass is 10.1. The Morgan fingerprint density at radius 2 is 2.16 bits per heavy atom. The van der Waals surface area contributed by atoms with Gasteiger partial charge in [-0.25, -0.2) is 0 Å². The van der Waals surface area contributed by atoms with Crippen molar-refractivity contribution in [2.45, 2.75) is 13.0 Å². The van der Waals surface area contributed by atoms with Crippen molar-refractivity contribution in [1.29, 1.82) is 0 Å². The number of amides is 1. The van der Waals surface area contributed by atoms with Crippen molar-refractivity contribution >= 4 is 23.2 Å². The van der Waals surface area contributed by atoms with Gasteiger partial charge in [0.2, 0.25) is 5.91 Å². The molecular formula is C14H20ClN3O. The van der Waals surface area contributed by atoms with Crippen LogP contribution in [0.25, 0.3) is 0 Å². The molecule has 0 aromatic heterocycles. The van der Waals surface area contributed by atoms with Gasteiger partial charge < -0.3 is 15.1 Å². The van der Waals surface area contributed by atoms with Gasteiger partial charge in [0.25, 0.3) is 0 Å². The highest BCUT2D eigenvalue weighted by Gasteiger charge is 2.21. The highest BCUT2D eigenvalue weighted by atomic mass is 35.5. The van der Waals surface area contributed by atoms with E-state index in [0.29, 0.717) is 13.1 Å². The summed E-state index contributed by atoms with van der Waals surface area (Å²) in [5, 5.41) is 3.88. The van der Waals surface area contributed by atoms with E-state index in [-0.39, 0.29) is 5.91 Å². The fourth-order valence-corrected chi connectivity index (χ4v) is 2.62. The quantitative estimate of drug-likeness (QED) is 0.917. The number of nitrogens with one attached hydrogen (secondary N) is 1. The zero-order valence-corrected chi connectivity index (χ0v) is 12.2. The summed E-state index contributed by atoms with van der Waals surface area (Å²) in [5.74, 6) is 0.160. The zero-order chi connectivity index (χ0) is 13.8. The van der Waals surface area contributed by atoms with E-state index < -0.39 is 0 Å². The van der Waals surface area contributed by atoms with Crippen LogP contribution < -0.4 is 10.2 Å². The molecule has 1 N–H and O–H groups in total. The minimum Gasteiger partial charge on any atom is -0.362 e. The molecule has 0 radical (unpaired) electrons. The highest BCUT2D eigenvalue weighted by Crippen LogP contribution is 2.28. The van der Waals surface area contributed by atoms with Crippen molar-refractivity contribution in [3.63, 3.8) is 0 Å². The smallest absolute Gasteiger partial charge is 0.241 e. The molecule has 0 unspecified atom stereocenters. The summed E-state index contributed by atoms with van der Waals surface area (Å²) in [5.41, 5.74) is 2.12. The molecule has 1 aliphatic rings. The van der Waals surface area contributed by atoms with E-state index >= 15 is 0 Å². The zero-order valence-electron chi connectivity index (χ0n) is 11.4. The van der Waals surface area contributed by atoms with Crippen LogP contribution in [0.1, 0.15) is 12.0 Å². The third kappa shape index (κ3) is 3.19. The molecule has 1 aliphatic heterocycles. The van der Waals surface area contributed by atoms with E-state index in [9.17, 15) is 4.79 Å². The Morgan fingerprint density at radius 1 is 1.37 bits per heavy atom. The Hall–Kier alpha value is -1.26. The maximum atomic E-state index is 12.0. The number of likely N-dealkylation sites (N-methyl/N-ethyl adjacent to an activating group) is 1. The molecular weight excluding hydrogens is 262 g/mol. The molecule has 5 heteroatoms. The Kier molecular flexibility index (Phi) is 4.66. The fraction of sp³-hybridized carbons (Fsp3) is 0.500. The predicted molar refractivity (Wildman–Crippen MR) is 78.7 cm³/mol. The Morgan fingerprint density at radius 3 is 2.89 bits per heavy atom. The first kappa shape index (κ1) is 14.2. The van der Waals surface area contributed by atoms with Gasteiger partial charge in [0, 0.05) is 43.0 Å². The van der Waals surface area contributed by atoms with Crippen LogP contribution in [0, 0.1) is 0 Å². The van der Waals surface area contributed by atoms with Gasteiger partial charge >= 0.3 is 0 Å². The molecule has 1 amide bonds. The van der Waals surface area contributed by atoms with Crippen molar-refractivity contribution in [2.75, 3.05) is 38.6 Å². The van der Waals surface area contributed by atoms with Crippen LogP contribution in [-0.2, 0) is 11.3 Å². The number of carbonyl (C=O) groups excluding carboxylic acids is 1. The monoisotopic (exact) mass is 281 g/mol. The van der Waals surface area contributed by atoms with Gasteiger partial charge in [-0.3, -0.25) is 4.79 Å². The molecule has 1 fully saturated rings. The predicted octanol–water partition coefficient (Wildman–Crippen LogP) is 1.73. The van der Waals surface area contributed by atoms with Crippen LogP contribution in [0.2, 0.25) is 5.02 Å². The minimum absolute atomic E-state index is 0.160. The first-order chi connectivity index (χ1) is 9.13. The summed E-state index contributed by atoms with van der Waals surface area (Å²) >= 11 is 6.27. The van der Waals surface area contributed by atoms with E-state index in [0.717, 1.165) is 35.8 Å². The molecule has 0 saturated carbocycles. The summed E-state index contributed by atoms with van der Waals surface area (Å²) in [6.07, 6.45) is 0.980. The van der Waals surface area contributed by atoms with Crippen molar-refractivity contribution < 1.29 is 4.79 Å². The van der Waals surface area contributed by atoms with Crippen LogP contribution in [0.5, 0.6) is 0 Å². The second-order valence-electron chi connectivity index (χ2n) is 4.86. The van der Waals surface area contributed by atoms with Crippen molar-refractivity contribution in [3.8, 4) is 0 Å². The lowest BCUT2D eigenvalue weighted by Crippen LogP contribution is -2.35. The van der Waals surface area contributed by atoms with Crippen molar-refractivity contribution in [3.05, 3.63) is 28.8 Å². The second kappa shape index (κ2) is 6.26. The first-order valence-corrected chi connectivity index (χ1v) is 6.92. The third-order valence-corrected chi connectivity index (χ3v) is 3.82. The van der Waals surface area contributed by atoms with Gasteiger partial charge in [-0.05, 0) is 25.6 Å². The van der Waals surface area contributed by atoms with E-state index in [1.54, 1.807) is 4.90 Å². The number of nitrogens with zero attached hydrogens (tertiary/aromatic N) is 2. The summed E-state index contributed by atoms with van der Waals surface area (Å²) in [6.45, 7) is 2.83. The van der Waals surface area contributed by atoms with Gasteiger partial charge in [0.15, 0.2) is 0 Å². The number of benzene rings is 1. The van der Waals surface area contributed by atoms with Gasteiger partial charge in [-0.1, -0.05) is 17.7 Å². The molecule has 1 aromatic rings. The Balaban J connectivity index is 2.30. The molecule has 19 heavy (non-hydrogen) atoms. The maximum Gasteiger partial charge on any atom is 0.241 e. The van der Waals surface area contributed by atoms with Gasteiger partial charge in [-0.15, -0.1) is 0 Å². The minimum atomic E-state index is 0.160. The average molecular weight is 282 g/mol. The maximum absolute atomic E-state index is 12.0. The van der Waals surface area contributed by atoms with Crippen LogP contribution >= 0.6 is 11.6 Å². The van der Waals surface area contributed by atoms with Crippen LogP contribution in [0.4, 0.5) is 5.69 Å². The van der Waals surface area contributed by atoms with Crippen LogP contribution in [0.3, 0.4) is 0 Å².